The van der Waals surface area contributed by atoms with Crippen molar-refractivity contribution in [2.24, 2.45) is 0 Å². The van der Waals surface area contributed by atoms with Crippen molar-refractivity contribution >= 4 is 34.8 Å². The number of nitrogens with zero attached hydrogens (tertiary/aromatic N) is 1. The molecule has 0 radical (unpaired) electrons. The maximum atomic E-state index is 12.3. The molecule has 9 heteroatoms. The van der Waals surface area contributed by atoms with Gasteiger partial charge in [0.1, 0.15) is 11.4 Å². The highest BCUT2D eigenvalue weighted by Gasteiger charge is 2.38. The van der Waals surface area contributed by atoms with Crippen molar-refractivity contribution in [3.63, 3.8) is 0 Å². The number of benzene rings is 2. The highest BCUT2D eigenvalue weighted by molar-refractivity contribution is 6.44. The minimum absolute atomic E-state index is 0.0657. The first-order valence-corrected chi connectivity index (χ1v) is 9.82. The van der Waals surface area contributed by atoms with Crippen LogP contribution in [0, 0.1) is 0 Å². The first-order chi connectivity index (χ1) is 13.7. The van der Waals surface area contributed by atoms with Crippen LogP contribution in [-0.2, 0) is 4.79 Å². The summed E-state index contributed by atoms with van der Waals surface area (Å²) in [6.45, 7) is 2.43. The van der Waals surface area contributed by atoms with Crippen LogP contribution in [0.5, 0.6) is 11.5 Å². The lowest BCUT2D eigenvalue weighted by Crippen LogP contribution is -2.37. The summed E-state index contributed by atoms with van der Waals surface area (Å²) in [7, 11) is 0. The number of hydrogen-bond donors (Lipinski definition) is 1. The van der Waals surface area contributed by atoms with Crippen LogP contribution < -0.4 is 15.0 Å². The van der Waals surface area contributed by atoms with Crippen molar-refractivity contribution in [2.45, 2.75) is 32.0 Å². The Morgan fingerprint density at radius 1 is 1.14 bits per heavy atom. The number of para-hydroxylation sites is 1. The van der Waals surface area contributed by atoms with E-state index in [1.807, 2.05) is 41.4 Å². The number of unbranched alkanes of at least 4 members (excludes halogenated alkanes) is 1. The van der Waals surface area contributed by atoms with E-state index >= 15 is 0 Å². The first-order valence-electron chi connectivity index (χ1n) is 9.06. The van der Waals surface area contributed by atoms with Crippen molar-refractivity contribution in [3.05, 3.63) is 52.0 Å². The van der Waals surface area contributed by atoms with Crippen LogP contribution in [0.2, 0.25) is 10.0 Å². The lowest BCUT2D eigenvalue weighted by Gasteiger charge is -2.31. The molecule has 0 saturated carbocycles. The average molecular weight is 447 g/mol. The van der Waals surface area contributed by atoms with E-state index in [1.165, 1.54) is 0 Å². The average Bonchev–Trinajstić information content (AvgIpc) is 2.79. The second-order valence-electron chi connectivity index (χ2n) is 6.68. The van der Waals surface area contributed by atoms with E-state index in [-0.39, 0.29) is 12.6 Å². The van der Waals surface area contributed by atoms with Gasteiger partial charge in [-0.05, 0) is 38.0 Å². The number of amides is 1. The van der Waals surface area contributed by atoms with Gasteiger partial charge in [-0.2, -0.15) is 13.2 Å². The molecule has 1 N–H and O–H groups in total. The quantitative estimate of drug-likeness (QED) is 0.561. The van der Waals surface area contributed by atoms with E-state index in [9.17, 15) is 18.0 Å². The zero-order chi connectivity index (χ0) is 21.2. The van der Waals surface area contributed by atoms with Crippen molar-refractivity contribution in [2.75, 3.05) is 18.0 Å². The summed E-state index contributed by atoms with van der Waals surface area (Å²) in [6.07, 6.45) is -3.96. The Morgan fingerprint density at radius 2 is 1.86 bits per heavy atom. The van der Waals surface area contributed by atoms with Crippen LogP contribution in [0.15, 0.2) is 36.4 Å². The zero-order valence-electron chi connectivity index (χ0n) is 15.5. The van der Waals surface area contributed by atoms with Crippen LogP contribution in [0.25, 0.3) is 0 Å². The molecule has 1 heterocycles. The maximum Gasteiger partial charge on any atom is 0.471 e. The van der Waals surface area contributed by atoms with E-state index in [2.05, 4.69) is 0 Å². The van der Waals surface area contributed by atoms with Gasteiger partial charge in [-0.3, -0.25) is 4.79 Å². The van der Waals surface area contributed by atoms with Crippen LogP contribution in [0.1, 0.15) is 31.4 Å². The van der Waals surface area contributed by atoms with Gasteiger partial charge in [-0.1, -0.05) is 41.4 Å². The molecular weight excluding hydrogens is 428 g/mol. The van der Waals surface area contributed by atoms with Crippen LogP contribution in [-0.4, -0.2) is 25.2 Å². The Hall–Kier alpha value is -2.12. The second-order valence-corrected chi connectivity index (χ2v) is 7.46. The largest absolute Gasteiger partial charge is 0.471 e. The van der Waals surface area contributed by atoms with E-state index in [0.29, 0.717) is 46.6 Å². The van der Waals surface area contributed by atoms with Gasteiger partial charge in [0.2, 0.25) is 0 Å². The van der Waals surface area contributed by atoms with E-state index < -0.39 is 12.1 Å². The molecular formula is C20H19Cl2F3N2O2. The molecule has 1 atom stereocenters. The van der Waals surface area contributed by atoms with E-state index in [0.717, 1.165) is 5.56 Å². The fourth-order valence-electron chi connectivity index (χ4n) is 3.29. The maximum absolute atomic E-state index is 12.3. The first kappa shape index (κ1) is 21.6. The molecule has 4 nitrogen and oxygen atoms in total. The SMILES string of the molecule is C[C@H]1c2ccccc2Oc2ccc(Cl)c(Cl)c2N1CCCCNC(=O)C(F)(F)F. The molecule has 1 aliphatic rings. The minimum Gasteiger partial charge on any atom is -0.455 e. The smallest absolute Gasteiger partial charge is 0.455 e. The molecule has 3 rings (SSSR count). The highest BCUT2D eigenvalue weighted by atomic mass is 35.5. The van der Waals surface area contributed by atoms with Crippen molar-refractivity contribution in [1.29, 1.82) is 0 Å². The van der Waals surface area contributed by atoms with Gasteiger partial charge in [-0.25, -0.2) is 0 Å². The van der Waals surface area contributed by atoms with Crippen molar-refractivity contribution < 1.29 is 22.7 Å². The number of carbonyl (C=O) groups is 1. The summed E-state index contributed by atoms with van der Waals surface area (Å²) in [5.41, 5.74) is 1.60. The molecule has 0 aromatic heterocycles. The number of anilines is 1. The summed E-state index contributed by atoms with van der Waals surface area (Å²) in [5, 5.41) is 2.62. The third-order valence-electron chi connectivity index (χ3n) is 4.74. The van der Waals surface area contributed by atoms with Gasteiger partial charge in [-0.15, -0.1) is 0 Å². The molecule has 0 fully saturated rings. The Kier molecular flexibility index (Phi) is 6.49. The molecule has 0 saturated heterocycles. The molecule has 0 spiro atoms. The number of hydrogen-bond acceptors (Lipinski definition) is 3. The molecule has 2 aromatic carbocycles. The van der Waals surface area contributed by atoms with Gasteiger partial charge in [0.05, 0.1) is 16.1 Å². The summed E-state index contributed by atoms with van der Waals surface area (Å²) < 4.78 is 42.9. The fourth-order valence-corrected chi connectivity index (χ4v) is 3.70. The van der Waals surface area contributed by atoms with Gasteiger partial charge >= 0.3 is 12.1 Å². The molecule has 2 aromatic rings. The van der Waals surface area contributed by atoms with Crippen molar-refractivity contribution in [1.82, 2.24) is 5.32 Å². The lowest BCUT2D eigenvalue weighted by atomic mass is 10.0. The van der Waals surface area contributed by atoms with Crippen LogP contribution in [0.4, 0.5) is 18.9 Å². The Morgan fingerprint density at radius 3 is 2.59 bits per heavy atom. The summed E-state index contributed by atoms with van der Waals surface area (Å²) in [4.78, 5) is 12.9. The molecule has 0 aliphatic carbocycles. The molecule has 29 heavy (non-hydrogen) atoms. The Balaban J connectivity index is 1.78. The fraction of sp³-hybridized carbons (Fsp3) is 0.350. The normalized spacial score (nSPS) is 15.8. The molecule has 1 aliphatic heterocycles. The number of fused-ring (bicyclic) bond motifs is 2. The number of ether oxygens (including phenoxy) is 1. The summed E-state index contributed by atoms with van der Waals surface area (Å²) in [5.74, 6) is -0.663. The van der Waals surface area contributed by atoms with Gasteiger partial charge in [0.25, 0.3) is 0 Å². The summed E-state index contributed by atoms with van der Waals surface area (Å²) in [6, 6.07) is 10.9. The molecule has 1 amide bonds. The van der Waals surface area contributed by atoms with Gasteiger partial charge in [0.15, 0.2) is 5.75 Å². The number of halogens is 5. The molecule has 0 bridgehead atoms. The zero-order valence-corrected chi connectivity index (χ0v) is 17.0. The topological polar surface area (TPSA) is 41.6 Å². The highest BCUT2D eigenvalue weighted by Crippen LogP contribution is 2.49. The second kappa shape index (κ2) is 8.71. The molecule has 156 valence electrons. The lowest BCUT2D eigenvalue weighted by molar-refractivity contribution is -0.173. The van der Waals surface area contributed by atoms with Gasteiger partial charge < -0.3 is 15.0 Å². The van der Waals surface area contributed by atoms with Crippen LogP contribution in [0.3, 0.4) is 0 Å². The third kappa shape index (κ3) is 4.73. The van der Waals surface area contributed by atoms with Crippen LogP contribution >= 0.6 is 23.2 Å². The van der Waals surface area contributed by atoms with E-state index in [4.69, 9.17) is 27.9 Å². The summed E-state index contributed by atoms with van der Waals surface area (Å²) >= 11 is 12.7. The Labute approximate surface area is 176 Å². The number of alkyl halides is 3. The molecule has 0 unspecified atom stereocenters. The Bertz CT molecular complexity index is 906. The number of rotatable bonds is 5. The minimum atomic E-state index is -4.87. The van der Waals surface area contributed by atoms with Gasteiger partial charge in [0, 0.05) is 18.7 Å². The number of carbonyl (C=O) groups excluding carboxylic acids is 1. The number of nitrogens with one attached hydrogen (secondary N) is 1. The van der Waals surface area contributed by atoms with E-state index in [1.54, 1.807) is 12.1 Å². The third-order valence-corrected chi connectivity index (χ3v) is 5.54. The predicted molar refractivity (Wildman–Crippen MR) is 107 cm³/mol. The van der Waals surface area contributed by atoms with Crippen molar-refractivity contribution in [3.8, 4) is 11.5 Å². The monoisotopic (exact) mass is 446 g/mol. The standard InChI is InChI=1S/C20H19Cl2F3N2O2/c1-12-13-6-2-3-7-15(13)29-16-9-8-14(21)17(22)18(16)27(12)11-5-4-10-26-19(28)20(23,24)25/h2-3,6-9,12H,4-5,10-11H2,1H3,(H,26,28)/t12-/m0/s1. The predicted octanol–water partition coefficient (Wildman–Crippen LogP) is 6.13.